The molecule has 3 rings (SSSR count). The lowest BCUT2D eigenvalue weighted by molar-refractivity contribution is -0.137. The molecule has 1 atom stereocenters. The van der Waals surface area contributed by atoms with Gasteiger partial charge in [0.15, 0.2) is 5.82 Å². The van der Waals surface area contributed by atoms with Crippen LogP contribution in [0.5, 0.6) is 0 Å². The number of carboxylic acid groups (broad SMARTS) is 1. The van der Waals surface area contributed by atoms with Crippen molar-refractivity contribution in [2.45, 2.75) is 26.3 Å². The zero-order chi connectivity index (χ0) is 18.7. The highest BCUT2D eigenvalue weighted by molar-refractivity contribution is 6.03. The summed E-state index contributed by atoms with van der Waals surface area (Å²) in [5.41, 5.74) is 1.91. The molecule has 2 heterocycles. The highest BCUT2D eigenvalue weighted by Crippen LogP contribution is 2.29. The summed E-state index contributed by atoms with van der Waals surface area (Å²) in [6.45, 7) is 2.06. The first kappa shape index (κ1) is 17.7. The maximum atomic E-state index is 12.5. The van der Waals surface area contributed by atoms with Crippen LogP contribution in [0.4, 0.5) is 11.5 Å². The number of hydrogen-bond acceptors (Lipinski definition) is 4. The lowest BCUT2D eigenvalue weighted by Crippen LogP contribution is -2.28. The molecule has 0 bridgehead atoms. The average molecular weight is 356 g/mol. The fraction of sp³-hybridized carbons (Fsp3) is 0.333. The van der Waals surface area contributed by atoms with Crippen molar-refractivity contribution in [1.29, 1.82) is 0 Å². The molecule has 1 aromatic heterocycles. The van der Waals surface area contributed by atoms with Gasteiger partial charge in [0.2, 0.25) is 11.8 Å². The number of carbonyl (C=O) groups is 3. The van der Waals surface area contributed by atoms with E-state index in [2.05, 4.69) is 10.4 Å². The molecule has 0 radical (unpaired) electrons. The Morgan fingerprint density at radius 3 is 2.81 bits per heavy atom. The summed E-state index contributed by atoms with van der Waals surface area (Å²) >= 11 is 0. The van der Waals surface area contributed by atoms with Gasteiger partial charge in [-0.15, -0.1) is 0 Å². The summed E-state index contributed by atoms with van der Waals surface area (Å²) < 4.78 is 1.22. The number of anilines is 2. The molecule has 1 saturated heterocycles. The molecule has 1 aromatic carbocycles. The Balaban J connectivity index is 1.67. The summed E-state index contributed by atoms with van der Waals surface area (Å²) in [4.78, 5) is 37.2. The van der Waals surface area contributed by atoms with E-state index in [0.29, 0.717) is 6.54 Å². The minimum absolute atomic E-state index is 0.0811. The van der Waals surface area contributed by atoms with E-state index in [1.807, 2.05) is 31.2 Å². The fourth-order valence-corrected chi connectivity index (χ4v) is 3.07. The van der Waals surface area contributed by atoms with E-state index in [9.17, 15) is 14.4 Å². The Morgan fingerprint density at radius 2 is 2.08 bits per heavy atom. The molecule has 2 amide bonds. The summed E-state index contributed by atoms with van der Waals surface area (Å²) in [7, 11) is 0. The van der Waals surface area contributed by atoms with Crippen molar-refractivity contribution < 1.29 is 19.5 Å². The van der Waals surface area contributed by atoms with Crippen LogP contribution < -0.4 is 10.2 Å². The largest absolute Gasteiger partial charge is 0.480 e. The van der Waals surface area contributed by atoms with Crippen LogP contribution in [0.3, 0.4) is 0 Å². The van der Waals surface area contributed by atoms with Gasteiger partial charge in [-0.1, -0.05) is 25.1 Å². The predicted molar refractivity (Wildman–Crippen MR) is 94.8 cm³/mol. The molecule has 8 nitrogen and oxygen atoms in total. The number of aliphatic carboxylic acids is 1. The number of nitrogens with one attached hydrogen (secondary N) is 1. The molecule has 26 heavy (non-hydrogen) atoms. The molecule has 136 valence electrons. The van der Waals surface area contributed by atoms with E-state index in [-0.39, 0.29) is 30.6 Å². The summed E-state index contributed by atoms with van der Waals surface area (Å²) in [5.74, 6) is -1.59. The lowest BCUT2D eigenvalue weighted by atomic mass is 10.1. The van der Waals surface area contributed by atoms with Gasteiger partial charge in [0.05, 0.1) is 5.92 Å². The minimum atomic E-state index is -1.02. The van der Waals surface area contributed by atoms with Gasteiger partial charge in [0.25, 0.3) is 0 Å². The van der Waals surface area contributed by atoms with Gasteiger partial charge in [0, 0.05) is 30.9 Å². The molecule has 1 aliphatic rings. The molecule has 1 aliphatic heterocycles. The molecule has 2 aromatic rings. The van der Waals surface area contributed by atoms with Crippen LogP contribution >= 0.6 is 0 Å². The first-order chi connectivity index (χ1) is 12.5. The molecule has 2 N–H and O–H groups in total. The molecular formula is C18H20N4O4. The number of rotatable bonds is 6. The van der Waals surface area contributed by atoms with Crippen LogP contribution in [-0.4, -0.2) is 39.2 Å². The average Bonchev–Trinajstić information content (AvgIpc) is 3.20. The van der Waals surface area contributed by atoms with E-state index in [1.54, 1.807) is 4.90 Å². The van der Waals surface area contributed by atoms with Crippen LogP contribution in [0.2, 0.25) is 0 Å². The Morgan fingerprint density at radius 1 is 1.31 bits per heavy atom. The Labute approximate surface area is 150 Å². The van der Waals surface area contributed by atoms with Crippen molar-refractivity contribution in [2.75, 3.05) is 16.8 Å². The molecule has 1 fully saturated rings. The SMILES string of the molecule is CCc1ccccc1N1CC(C(=O)Nc2ccn(CC(=O)O)n2)CC1=O. The second kappa shape index (κ2) is 7.38. The maximum Gasteiger partial charge on any atom is 0.325 e. The monoisotopic (exact) mass is 356 g/mol. The molecular weight excluding hydrogens is 336 g/mol. The zero-order valence-corrected chi connectivity index (χ0v) is 14.4. The number of carbonyl (C=O) groups excluding carboxylic acids is 2. The maximum absolute atomic E-state index is 12.5. The number of nitrogens with zero attached hydrogens (tertiary/aromatic N) is 3. The Bertz CT molecular complexity index is 845. The smallest absolute Gasteiger partial charge is 0.325 e. The lowest BCUT2D eigenvalue weighted by Gasteiger charge is -2.19. The van der Waals surface area contributed by atoms with Crippen LogP contribution in [0.25, 0.3) is 0 Å². The Hall–Kier alpha value is -3.16. The van der Waals surface area contributed by atoms with Crippen molar-refractivity contribution in [1.82, 2.24) is 9.78 Å². The highest BCUT2D eigenvalue weighted by Gasteiger charge is 2.36. The number of aryl methyl sites for hydroxylation is 1. The number of carboxylic acids is 1. The van der Waals surface area contributed by atoms with E-state index < -0.39 is 11.9 Å². The van der Waals surface area contributed by atoms with Crippen molar-refractivity contribution in [2.24, 2.45) is 5.92 Å². The first-order valence-electron chi connectivity index (χ1n) is 8.42. The summed E-state index contributed by atoms with van der Waals surface area (Å²) in [5, 5.41) is 15.4. The van der Waals surface area contributed by atoms with Gasteiger partial charge >= 0.3 is 5.97 Å². The van der Waals surface area contributed by atoms with Crippen LogP contribution in [0.15, 0.2) is 36.5 Å². The number of benzene rings is 1. The van der Waals surface area contributed by atoms with E-state index >= 15 is 0 Å². The van der Waals surface area contributed by atoms with E-state index in [1.165, 1.54) is 16.9 Å². The van der Waals surface area contributed by atoms with E-state index in [4.69, 9.17) is 5.11 Å². The molecule has 1 unspecified atom stereocenters. The number of aromatic nitrogens is 2. The molecule has 0 saturated carbocycles. The number of amides is 2. The van der Waals surface area contributed by atoms with Crippen molar-refractivity contribution in [3.8, 4) is 0 Å². The van der Waals surface area contributed by atoms with E-state index in [0.717, 1.165) is 17.7 Å². The second-order valence-electron chi connectivity index (χ2n) is 6.17. The molecule has 8 heteroatoms. The highest BCUT2D eigenvalue weighted by atomic mass is 16.4. The van der Waals surface area contributed by atoms with Gasteiger partial charge < -0.3 is 15.3 Å². The van der Waals surface area contributed by atoms with Crippen LogP contribution in [-0.2, 0) is 27.3 Å². The summed E-state index contributed by atoms with van der Waals surface area (Å²) in [6.07, 6.45) is 2.42. The van der Waals surface area contributed by atoms with Gasteiger partial charge in [-0.05, 0) is 18.1 Å². The van der Waals surface area contributed by atoms with Crippen molar-refractivity contribution >= 4 is 29.3 Å². The fourth-order valence-electron chi connectivity index (χ4n) is 3.07. The third-order valence-electron chi connectivity index (χ3n) is 4.35. The van der Waals surface area contributed by atoms with Gasteiger partial charge in [-0.2, -0.15) is 5.10 Å². The third kappa shape index (κ3) is 3.74. The topological polar surface area (TPSA) is 105 Å². The van der Waals surface area contributed by atoms with Crippen LogP contribution in [0, 0.1) is 5.92 Å². The van der Waals surface area contributed by atoms with Crippen molar-refractivity contribution in [3.05, 3.63) is 42.1 Å². The van der Waals surface area contributed by atoms with Gasteiger partial charge in [0.1, 0.15) is 6.54 Å². The molecule has 0 aliphatic carbocycles. The second-order valence-corrected chi connectivity index (χ2v) is 6.17. The quantitative estimate of drug-likeness (QED) is 0.817. The predicted octanol–water partition coefficient (Wildman–Crippen LogP) is 1.52. The van der Waals surface area contributed by atoms with Gasteiger partial charge in [-0.25, -0.2) is 0 Å². The standard InChI is InChI=1S/C18H20N4O4/c1-2-12-5-3-4-6-14(12)22-10-13(9-16(22)23)18(26)19-15-7-8-21(20-15)11-17(24)25/h3-8,13H,2,9-11H2,1H3,(H,24,25)(H,19,20,26). The number of hydrogen-bond donors (Lipinski definition) is 2. The van der Waals surface area contributed by atoms with Crippen LogP contribution in [0.1, 0.15) is 18.9 Å². The minimum Gasteiger partial charge on any atom is -0.480 e. The van der Waals surface area contributed by atoms with Crippen molar-refractivity contribution in [3.63, 3.8) is 0 Å². The van der Waals surface area contributed by atoms with Gasteiger partial charge in [-0.3, -0.25) is 19.1 Å². The Kier molecular flexibility index (Phi) is 5.01. The zero-order valence-electron chi connectivity index (χ0n) is 14.4. The normalized spacial score (nSPS) is 16.7. The summed E-state index contributed by atoms with van der Waals surface area (Å²) in [6, 6.07) is 9.21. The third-order valence-corrected chi connectivity index (χ3v) is 4.35. The molecule has 0 spiro atoms. The number of para-hydroxylation sites is 1. The first-order valence-corrected chi connectivity index (χ1v) is 8.42.